The number of hydrogen-bond acceptors (Lipinski definition) is 5. The fraction of sp³-hybridized carbons (Fsp3) is 0.176. The Labute approximate surface area is 133 Å². The molecule has 1 aromatic heterocycles. The Morgan fingerprint density at radius 1 is 1.22 bits per heavy atom. The Balaban J connectivity index is 2.23. The molecule has 0 fully saturated rings. The van der Waals surface area contributed by atoms with Crippen LogP contribution in [0.15, 0.2) is 52.8 Å². The molecule has 0 atom stereocenters. The van der Waals surface area contributed by atoms with Crippen molar-refractivity contribution < 1.29 is 23.5 Å². The second-order valence-corrected chi connectivity index (χ2v) is 4.48. The van der Waals surface area contributed by atoms with E-state index < -0.39 is 11.9 Å². The van der Waals surface area contributed by atoms with Gasteiger partial charge in [-0.2, -0.15) is 0 Å². The zero-order valence-electron chi connectivity index (χ0n) is 12.9. The number of ether oxygens (including phenoxy) is 2. The Kier molecular flexibility index (Phi) is 5.57. The highest BCUT2D eigenvalue weighted by Crippen LogP contribution is 2.14. The van der Waals surface area contributed by atoms with Crippen LogP contribution >= 0.6 is 0 Å². The summed E-state index contributed by atoms with van der Waals surface area (Å²) < 4.78 is 15.0. The Hall–Kier alpha value is -3.02. The molecule has 1 heterocycles. The lowest BCUT2D eigenvalue weighted by Gasteiger charge is -2.08. The van der Waals surface area contributed by atoms with Crippen molar-refractivity contribution in [2.75, 3.05) is 13.7 Å². The van der Waals surface area contributed by atoms with Crippen LogP contribution in [0.3, 0.4) is 0 Å². The van der Waals surface area contributed by atoms with Gasteiger partial charge >= 0.3 is 5.97 Å². The van der Waals surface area contributed by atoms with E-state index in [1.807, 2.05) is 0 Å². The zero-order chi connectivity index (χ0) is 16.7. The first-order valence-corrected chi connectivity index (χ1v) is 7.01. The van der Waals surface area contributed by atoms with Crippen LogP contribution in [-0.2, 0) is 9.53 Å². The van der Waals surface area contributed by atoms with E-state index in [9.17, 15) is 9.59 Å². The topological polar surface area (TPSA) is 77.8 Å². The highest BCUT2D eigenvalue weighted by molar-refractivity contribution is 6.02. The number of methoxy groups -OCH3 is 1. The first-order valence-electron chi connectivity index (χ1n) is 7.01. The van der Waals surface area contributed by atoms with Crippen LogP contribution in [0, 0.1) is 0 Å². The van der Waals surface area contributed by atoms with E-state index in [1.54, 1.807) is 44.4 Å². The van der Waals surface area contributed by atoms with Gasteiger partial charge in [0.1, 0.15) is 11.4 Å². The van der Waals surface area contributed by atoms with Crippen molar-refractivity contribution in [1.29, 1.82) is 0 Å². The molecule has 23 heavy (non-hydrogen) atoms. The van der Waals surface area contributed by atoms with Crippen LogP contribution in [0.5, 0.6) is 5.75 Å². The van der Waals surface area contributed by atoms with Crippen LogP contribution in [0.2, 0.25) is 0 Å². The van der Waals surface area contributed by atoms with Gasteiger partial charge in [-0.25, -0.2) is 4.79 Å². The van der Waals surface area contributed by atoms with Gasteiger partial charge in [0.25, 0.3) is 5.91 Å². The van der Waals surface area contributed by atoms with Crippen molar-refractivity contribution in [2.45, 2.75) is 6.92 Å². The minimum atomic E-state index is -0.622. The average Bonchev–Trinajstić information content (AvgIpc) is 3.09. The minimum Gasteiger partial charge on any atom is -0.497 e. The molecule has 0 aliphatic rings. The van der Waals surface area contributed by atoms with Gasteiger partial charge in [-0.1, -0.05) is 12.1 Å². The third-order valence-electron chi connectivity index (χ3n) is 2.92. The summed E-state index contributed by atoms with van der Waals surface area (Å²) in [7, 11) is 1.57. The summed E-state index contributed by atoms with van der Waals surface area (Å²) >= 11 is 0. The molecular formula is C17H17NO5. The van der Waals surface area contributed by atoms with E-state index in [4.69, 9.17) is 13.9 Å². The van der Waals surface area contributed by atoms with Crippen molar-refractivity contribution in [3.8, 4) is 5.75 Å². The predicted octanol–water partition coefficient (Wildman–Crippen LogP) is 2.62. The maximum absolute atomic E-state index is 12.0. The fourth-order valence-corrected chi connectivity index (χ4v) is 1.81. The summed E-state index contributed by atoms with van der Waals surface area (Å²) in [4.78, 5) is 24.1. The molecule has 120 valence electrons. The number of carbonyl (C=O) groups is 2. The zero-order valence-corrected chi connectivity index (χ0v) is 12.9. The Bertz CT molecular complexity index is 686. The summed E-state index contributed by atoms with van der Waals surface area (Å²) in [6.45, 7) is 1.90. The number of carbonyl (C=O) groups excluding carboxylic acids is 2. The molecule has 0 bridgehead atoms. The lowest BCUT2D eigenvalue weighted by Crippen LogP contribution is -2.28. The molecule has 0 radical (unpaired) electrons. The second-order valence-electron chi connectivity index (χ2n) is 4.48. The molecule has 1 N–H and O–H groups in total. The van der Waals surface area contributed by atoms with Crippen molar-refractivity contribution in [1.82, 2.24) is 5.32 Å². The molecule has 1 aromatic carbocycles. The molecule has 0 unspecified atom stereocenters. The molecule has 0 aliphatic carbocycles. The highest BCUT2D eigenvalue weighted by Gasteiger charge is 2.17. The van der Waals surface area contributed by atoms with Crippen LogP contribution < -0.4 is 10.1 Å². The molecule has 6 heteroatoms. The first kappa shape index (κ1) is 16.4. The molecular weight excluding hydrogens is 298 g/mol. The number of amides is 1. The Morgan fingerprint density at radius 2 is 1.96 bits per heavy atom. The number of nitrogens with one attached hydrogen (secondary N) is 1. The van der Waals surface area contributed by atoms with Crippen LogP contribution in [0.4, 0.5) is 0 Å². The first-order chi connectivity index (χ1) is 11.1. The van der Waals surface area contributed by atoms with Gasteiger partial charge in [-0.05, 0) is 42.8 Å². The van der Waals surface area contributed by atoms with E-state index in [1.165, 1.54) is 18.4 Å². The highest BCUT2D eigenvalue weighted by atomic mass is 16.5. The molecule has 0 saturated heterocycles. The number of esters is 1. The van der Waals surface area contributed by atoms with Gasteiger partial charge < -0.3 is 19.2 Å². The normalized spacial score (nSPS) is 11.0. The molecule has 2 aromatic rings. The number of benzene rings is 1. The van der Waals surface area contributed by atoms with Gasteiger partial charge in [0.15, 0.2) is 5.76 Å². The Morgan fingerprint density at radius 3 is 2.52 bits per heavy atom. The smallest absolute Gasteiger partial charge is 0.354 e. The van der Waals surface area contributed by atoms with Crippen molar-refractivity contribution in [3.63, 3.8) is 0 Å². The number of furan rings is 1. The van der Waals surface area contributed by atoms with Crippen molar-refractivity contribution >= 4 is 18.0 Å². The molecule has 2 rings (SSSR count). The summed E-state index contributed by atoms with van der Waals surface area (Å²) in [6.07, 6.45) is 2.91. The van der Waals surface area contributed by atoms with Gasteiger partial charge in [-0.15, -0.1) is 0 Å². The predicted molar refractivity (Wildman–Crippen MR) is 83.8 cm³/mol. The summed E-state index contributed by atoms with van der Waals surface area (Å²) in [5, 5.41) is 2.50. The molecule has 0 spiro atoms. The van der Waals surface area contributed by atoms with E-state index >= 15 is 0 Å². The second kappa shape index (κ2) is 7.84. The lowest BCUT2D eigenvalue weighted by atomic mass is 10.2. The van der Waals surface area contributed by atoms with Crippen LogP contribution in [0.1, 0.15) is 23.0 Å². The van der Waals surface area contributed by atoms with Crippen molar-refractivity contribution in [2.24, 2.45) is 0 Å². The standard InChI is InChI=1S/C17H17NO5/c1-3-22-17(20)14(18-16(19)15-5-4-10-23-15)11-12-6-8-13(21-2)9-7-12/h4-11H,3H2,1-2H3,(H,18,19). The van der Waals surface area contributed by atoms with Gasteiger partial charge in [0.2, 0.25) is 0 Å². The lowest BCUT2D eigenvalue weighted by molar-refractivity contribution is -0.138. The van der Waals surface area contributed by atoms with Crippen molar-refractivity contribution in [3.05, 3.63) is 59.7 Å². The maximum atomic E-state index is 12.0. The number of hydrogen-bond donors (Lipinski definition) is 1. The van der Waals surface area contributed by atoms with E-state index in [0.717, 1.165) is 0 Å². The monoisotopic (exact) mass is 315 g/mol. The fourth-order valence-electron chi connectivity index (χ4n) is 1.81. The molecule has 0 aliphatic heterocycles. The third kappa shape index (κ3) is 4.47. The van der Waals surface area contributed by atoms with E-state index in [2.05, 4.69) is 5.32 Å². The molecule has 1 amide bonds. The number of rotatable bonds is 6. The van der Waals surface area contributed by atoms with Crippen LogP contribution in [0.25, 0.3) is 6.08 Å². The minimum absolute atomic E-state index is 0.0263. The van der Waals surface area contributed by atoms with Crippen LogP contribution in [-0.4, -0.2) is 25.6 Å². The SMILES string of the molecule is CCOC(=O)C(=Cc1ccc(OC)cc1)NC(=O)c1ccco1. The largest absolute Gasteiger partial charge is 0.497 e. The molecule has 0 saturated carbocycles. The van der Waals surface area contributed by atoms with Gasteiger partial charge in [-0.3, -0.25) is 4.79 Å². The summed E-state index contributed by atoms with van der Waals surface area (Å²) in [6, 6.07) is 10.1. The summed E-state index contributed by atoms with van der Waals surface area (Å²) in [5.41, 5.74) is 0.743. The third-order valence-corrected chi connectivity index (χ3v) is 2.92. The van der Waals surface area contributed by atoms with Gasteiger partial charge in [0, 0.05) is 0 Å². The van der Waals surface area contributed by atoms with E-state index in [-0.39, 0.29) is 18.1 Å². The van der Waals surface area contributed by atoms with Gasteiger partial charge in [0.05, 0.1) is 20.0 Å². The summed E-state index contributed by atoms with van der Waals surface area (Å²) in [5.74, 6) is -0.347. The van der Waals surface area contributed by atoms with E-state index in [0.29, 0.717) is 11.3 Å². The molecule has 6 nitrogen and oxygen atoms in total. The maximum Gasteiger partial charge on any atom is 0.354 e. The quantitative estimate of drug-likeness (QED) is 0.655. The average molecular weight is 315 g/mol.